The smallest absolute Gasteiger partial charge is 0.241 e. The van der Waals surface area contributed by atoms with Gasteiger partial charge in [0.2, 0.25) is 11.8 Å². The average Bonchev–Trinajstić information content (AvgIpc) is 3.23. The Hall–Kier alpha value is -0.830. The number of hydrogen-bond donors (Lipinski definition) is 3. The summed E-state index contributed by atoms with van der Waals surface area (Å²) in [4.78, 5) is 30.7. The van der Waals surface area contributed by atoms with Crippen LogP contribution < -0.4 is 16.2 Å². The van der Waals surface area contributed by atoms with Crippen molar-refractivity contribution in [2.24, 2.45) is 11.8 Å². The van der Waals surface area contributed by atoms with Crippen LogP contribution in [0.1, 0.15) is 51.4 Å². The van der Waals surface area contributed by atoms with Crippen molar-refractivity contribution in [2.75, 3.05) is 32.1 Å². The van der Waals surface area contributed by atoms with E-state index in [1.165, 1.54) is 25.7 Å². The SMILES string of the molecule is CSCC1(N(C)C(=O)C2NNC3CCN(C(=O)C4CC5CCCCC5N4)CC32)CC1. The normalized spacial score (nSPS) is 39.3. The highest BCUT2D eigenvalue weighted by atomic mass is 32.2. The molecule has 0 radical (unpaired) electrons. The molecule has 2 amide bonds. The monoisotopic (exact) mass is 435 g/mol. The lowest BCUT2D eigenvalue weighted by atomic mass is 9.84. The van der Waals surface area contributed by atoms with Gasteiger partial charge in [0, 0.05) is 43.9 Å². The maximum Gasteiger partial charge on any atom is 0.241 e. The van der Waals surface area contributed by atoms with Gasteiger partial charge >= 0.3 is 0 Å². The van der Waals surface area contributed by atoms with Crippen LogP contribution in [0.25, 0.3) is 0 Å². The fourth-order valence-electron chi connectivity index (χ4n) is 6.41. The van der Waals surface area contributed by atoms with Crippen molar-refractivity contribution in [3.63, 3.8) is 0 Å². The van der Waals surface area contributed by atoms with E-state index in [-0.39, 0.29) is 41.4 Å². The Bertz CT molecular complexity index is 672. The largest absolute Gasteiger partial charge is 0.341 e. The average molecular weight is 436 g/mol. The number of nitrogens with zero attached hydrogens (tertiary/aromatic N) is 2. The van der Waals surface area contributed by atoms with E-state index in [1.807, 2.05) is 28.6 Å². The number of thioether (sulfide) groups is 1. The fourth-order valence-corrected chi connectivity index (χ4v) is 7.43. The Morgan fingerprint density at radius 1 is 1.13 bits per heavy atom. The molecular weight excluding hydrogens is 398 g/mol. The molecule has 5 rings (SSSR count). The highest BCUT2D eigenvalue weighted by Gasteiger charge is 2.52. The van der Waals surface area contributed by atoms with Crippen molar-refractivity contribution in [3.05, 3.63) is 0 Å². The van der Waals surface area contributed by atoms with E-state index in [2.05, 4.69) is 22.4 Å². The second-order valence-electron chi connectivity index (χ2n) is 10.3. The maximum atomic E-state index is 13.4. The molecule has 3 heterocycles. The molecule has 8 heteroatoms. The van der Waals surface area contributed by atoms with E-state index in [9.17, 15) is 9.59 Å². The summed E-state index contributed by atoms with van der Waals surface area (Å²) in [5.74, 6) is 2.26. The minimum atomic E-state index is -0.242. The lowest BCUT2D eigenvalue weighted by molar-refractivity contribution is -0.139. The molecule has 2 saturated carbocycles. The van der Waals surface area contributed by atoms with Gasteiger partial charge in [-0.1, -0.05) is 12.8 Å². The molecule has 2 aliphatic carbocycles. The van der Waals surface area contributed by atoms with Gasteiger partial charge in [0.15, 0.2) is 0 Å². The third-order valence-corrected chi connectivity index (χ3v) is 9.36. The van der Waals surface area contributed by atoms with Gasteiger partial charge in [0.05, 0.1) is 11.6 Å². The molecule has 0 aromatic heterocycles. The number of likely N-dealkylation sites (N-methyl/N-ethyl adjacent to an activating group) is 1. The first kappa shape index (κ1) is 21.0. The number of carbonyl (C=O) groups is 2. The van der Waals surface area contributed by atoms with Crippen LogP contribution in [0.15, 0.2) is 0 Å². The molecule has 5 aliphatic rings. The van der Waals surface area contributed by atoms with Crippen LogP contribution in [0, 0.1) is 11.8 Å². The Balaban J connectivity index is 1.23. The Labute approximate surface area is 184 Å². The van der Waals surface area contributed by atoms with Gasteiger partial charge in [-0.2, -0.15) is 11.8 Å². The molecule has 3 N–H and O–H groups in total. The van der Waals surface area contributed by atoms with E-state index in [0.717, 1.165) is 38.0 Å². The van der Waals surface area contributed by atoms with Gasteiger partial charge < -0.3 is 15.1 Å². The predicted molar refractivity (Wildman–Crippen MR) is 119 cm³/mol. The second kappa shape index (κ2) is 8.26. The van der Waals surface area contributed by atoms with E-state index < -0.39 is 0 Å². The first-order valence-electron chi connectivity index (χ1n) is 11.8. The summed E-state index contributed by atoms with van der Waals surface area (Å²) in [5, 5.41) is 3.64. The van der Waals surface area contributed by atoms with Crippen LogP contribution >= 0.6 is 11.8 Å². The summed E-state index contributed by atoms with van der Waals surface area (Å²) in [5.41, 5.74) is 6.70. The van der Waals surface area contributed by atoms with Crippen LogP contribution in [-0.2, 0) is 9.59 Å². The number of likely N-dealkylation sites (tertiary alicyclic amines) is 1. The zero-order chi connectivity index (χ0) is 20.9. The summed E-state index contributed by atoms with van der Waals surface area (Å²) < 4.78 is 0. The molecule has 0 aromatic rings. The highest BCUT2D eigenvalue weighted by molar-refractivity contribution is 7.98. The van der Waals surface area contributed by atoms with Gasteiger partial charge in [-0.25, -0.2) is 5.43 Å². The molecule has 3 saturated heterocycles. The molecular formula is C22H37N5O2S. The number of hydrazine groups is 1. The molecule has 6 atom stereocenters. The molecule has 7 nitrogen and oxygen atoms in total. The van der Waals surface area contributed by atoms with Crippen molar-refractivity contribution < 1.29 is 9.59 Å². The summed E-state index contributed by atoms with van der Waals surface area (Å²) in [7, 11) is 1.97. The number of nitrogens with one attached hydrogen (secondary N) is 3. The molecule has 0 spiro atoms. The molecule has 30 heavy (non-hydrogen) atoms. The summed E-state index contributed by atoms with van der Waals surface area (Å²) in [6.45, 7) is 1.46. The van der Waals surface area contributed by atoms with Crippen LogP contribution in [0.4, 0.5) is 0 Å². The summed E-state index contributed by atoms with van der Waals surface area (Å²) >= 11 is 1.82. The van der Waals surface area contributed by atoms with Crippen molar-refractivity contribution in [3.8, 4) is 0 Å². The minimum Gasteiger partial charge on any atom is -0.341 e. The van der Waals surface area contributed by atoms with Crippen molar-refractivity contribution in [1.82, 2.24) is 26.0 Å². The van der Waals surface area contributed by atoms with Gasteiger partial charge in [-0.3, -0.25) is 15.0 Å². The van der Waals surface area contributed by atoms with Crippen molar-refractivity contribution in [2.45, 2.75) is 81.1 Å². The topological polar surface area (TPSA) is 76.7 Å². The number of rotatable bonds is 5. The standard InChI is InChI=1S/C22H37N5O2S/c1-26(22(8-9-22)13-30-2)21(29)19-15-12-27(10-7-17(15)24-25-19)20(28)18-11-14-5-3-4-6-16(14)23-18/h14-19,23-25H,3-13H2,1-2H3. The zero-order valence-corrected chi connectivity index (χ0v) is 19.2. The van der Waals surface area contributed by atoms with Crippen LogP contribution in [0.5, 0.6) is 0 Å². The van der Waals surface area contributed by atoms with E-state index >= 15 is 0 Å². The number of amides is 2. The molecule has 0 bridgehead atoms. The predicted octanol–water partition coefficient (Wildman–Crippen LogP) is 0.955. The Kier molecular flexibility index (Phi) is 5.79. The first-order valence-corrected chi connectivity index (χ1v) is 13.2. The molecule has 168 valence electrons. The van der Waals surface area contributed by atoms with Gasteiger partial charge in [0.25, 0.3) is 0 Å². The fraction of sp³-hybridized carbons (Fsp3) is 0.909. The zero-order valence-electron chi connectivity index (χ0n) is 18.4. The number of hydrogen-bond acceptors (Lipinski definition) is 6. The van der Waals surface area contributed by atoms with Crippen molar-refractivity contribution in [1.29, 1.82) is 0 Å². The van der Waals surface area contributed by atoms with Gasteiger partial charge in [-0.15, -0.1) is 0 Å². The lowest BCUT2D eigenvalue weighted by Gasteiger charge is -2.38. The molecule has 3 aliphatic heterocycles. The maximum absolute atomic E-state index is 13.4. The minimum absolute atomic E-state index is 0.0230. The Morgan fingerprint density at radius 2 is 1.93 bits per heavy atom. The van der Waals surface area contributed by atoms with Crippen LogP contribution in [-0.4, -0.2) is 83.5 Å². The molecule has 6 unspecified atom stereocenters. The number of fused-ring (bicyclic) bond motifs is 2. The van der Waals surface area contributed by atoms with Crippen LogP contribution in [0.3, 0.4) is 0 Å². The quantitative estimate of drug-likeness (QED) is 0.597. The second-order valence-corrected chi connectivity index (χ2v) is 11.1. The molecule has 5 fully saturated rings. The van der Waals surface area contributed by atoms with E-state index in [4.69, 9.17) is 0 Å². The lowest BCUT2D eigenvalue weighted by Crippen LogP contribution is -2.56. The molecule has 0 aromatic carbocycles. The van der Waals surface area contributed by atoms with Gasteiger partial charge in [0.1, 0.15) is 6.04 Å². The summed E-state index contributed by atoms with van der Waals surface area (Å²) in [6, 6.07) is 0.541. The van der Waals surface area contributed by atoms with E-state index in [0.29, 0.717) is 18.5 Å². The highest BCUT2D eigenvalue weighted by Crippen LogP contribution is 2.44. The van der Waals surface area contributed by atoms with Crippen molar-refractivity contribution >= 4 is 23.6 Å². The van der Waals surface area contributed by atoms with E-state index in [1.54, 1.807) is 0 Å². The summed E-state index contributed by atoms with van der Waals surface area (Å²) in [6.07, 6.45) is 11.3. The third kappa shape index (κ3) is 3.67. The van der Waals surface area contributed by atoms with Crippen LogP contribution in [0.2, 0.25) is 0 Å². The third-order valence-electron chi connectivity index (χ3n) is 8.53. The Morgan fingerprint density at radius 3 is 2.67 bits per heavy atom. The number of piperidine rings is 1. The first-order chi connectivity index (χ1) is 14.5. The number of carbonyl (C=O) groups excluding carboxylic acids is 2. The van der Waals surface area contributed by atoms with Gasteiger partial charge in [-0.05, 0) is 50.7 Å².